The van der Waals surface area contributed by atoms with Gasteiger partial charge in [-0.15, -0.1) is 10.2 Å². The Bertz CT molecular complexity index is 1210. The summed E-state index contributed by atoms with van der Waals surface area (Å²) in [6, 6.07) is 17.9. The molecule has 4 rings (SSSR count). The van der Waals surface area contributed by atoms with Crippen molar-refractivity contribution in [2.75, 3.05) is 5.75 Å². The summed E-state index contributed by atoms with van der Waals surface area (Å²) in [6.45, 7) is 8.21. The number of nitrogens with zero attached hydrogens (tertiary/aromatic N) is 3. The van der Waals surface area contributed by atoms with E-state index in [4.69, 9.17) is 4.42 Å². The molecule has 0 saturated heterocycles. The highest BCUT2D eigenvalue weighted by Crippen LogP contribution is 2.26. The molecule has 0 aliphatic rings. The number of hydrogen-bond acceptors (Lipinski definition) is 5. The Morgan fingerprint density at radius 1 is 0.967 bits per heavy atom. The second kappa shape index (κ2) is 8.32. The average Bonchev–Trinajstić information content (AvgIpc) is 3.33. The van der Waals surface area contributed by atoms with E-state index in [1.54, 1.807) is 0 Å². The molecule has 0 spiro atoms. The van der Waals surface area contributed by atoms with Crippen LogP contribution >= 0.6 is 11.8 Å². The van der Waals surface area contributed by atoms with Crippen molar-refractivity contribution < 1.29 is 9.21 Å². The predicted octanol–water partition coefficient (Wildman–Crippen LogP) is 5.74. The molecule has 2 aromatic carbocycles. The van der Waals surface area contributed by atoms with Crippen LogP contribution in [0.3, 0.4) is 0 Å². The third-order valence-electron chi connectivity index (χ3n) is 5.23. The van der Waals surface area contributed by atoms with E-state index in [-0.39, 0.29) is 11.5 Å². The minimum absolute atomic E-state index is 0.0441. The van der Waals surface area contributed by atoms with Crippen LogP contribution in [0.25, 0.3) is 17.1 Å². The van der Waals surface area contributed by atoms with Crippen LogP contribution in [0.4, 0.5) is 0 Å². The van der Waals surface area contributed by atoms with E-state index in [1.807, 2.05) is 50.2 Å². The first-order chi connectivity index (χ1) is 14.4. The van der Waals surface area contributed by atoms with Gasteiger partial charge < -0.3 is 8.98 Å². The third-order valence-corrected chi connectivity index (χ3v) is 6.05. The molecule has 2 heterocycles. The summed E-state index contributed by atoms with van der Waals surface area (Å²) in [5.41, 5.74) is 7.12. The van der Waals surface area contributed by atoms with Crippen molar-refractivity contribution in [1.29, 1.82) is 0 Å². The van der Waals surface area contributed by atoms with Crippen LogP contribution in [0, 0.1) is 27.7 Å². The highest BCUT2D eigenvalue weighted by Gasteiger charge is 2.18. The van der Waals surface area contributed by atoms with Crippen LogP contribution in [-0.4, -0.2) is 26.3 Å². The fourth-order valence-corrected chi connectivity index (χ4v) is 4.12. The van der Waals surface area contributed by atoms with E-state index in [9.17, 15) is 4.79 Å². The summed E-state index contributed by atoms with van der Waals surface area (Å²) in [5, 5.41) is 8.53. The van der Waals surface area contributed by atoms with Gasteiger partial charge in [-0.05, 0) is 69.2 Å². The second-order valence-corrected chi connectivity index (χ2v) is 8.27. The van der Waals surface area contributed by atoms with Gasteiger partial charge in [0.05, 0.1) is 5.75 Å². The number of carbonyl (C=O) groups is 1. The average molecular weight is 418 g/mol. The first kappa shape index (κ1) is 20.2. The third kappa shape index (κ3) is 3.96. The summed E-state index contributed by atoms with van der Waals surface area (Å²) in [6.07, 6.45) is 0. The van der Waals surface area contributed by atoms with Crippen molar-refractivity contribution in [2.24, 2.45) is 0 Å². The van der Waals surface area contributed by atoms with Crippen LogP contribution in [0.2, 0.25) is 0 Å². The SMILES string of the molecule is Cc1ccc(-n2c(C)cc(C(=O)CSc3nnc(-c4ccccc4)o3)c2C)cc1C. The van der Waals surface area contributed by atoms with Gasteiger partial charge in [0.2, 0.25) is 5.89 Å². The van der Waals surface area contributed by atoms with E-state index in [0.29, 0.717) is 11.1 Å². The molecule has 2 aromatic heterocycles. The lowest BCUT2D eigenvalue weighted by Crippen LogP contribution is -2.06. The van der Waals surface area contributed by atoms with Gasteiger partial charge in [0.15, 0.2) is 5.78 Å². The van der Waals surface area contributed by atoms with Gasteiger partial charge in [-0.25, -0.2) is 0 Å². The quantitative estimate of drug-likeness (QED) is 0.296. The van der Waals surface area contributed by atoms with E-state index < -0.39 is 0 Å². The molecular formula is C24H23N3O2S. The largest absolute Gasteiger partial charge is 0.411 e. The molecule has 5 nitrogen and oxygen atoms in total. The number of hydrogen-bond donors (Lipinski definition) is 0. The Balaban J connectivity index is 1.51. The van der Waals surface area contributed by atoms with Gasteiger partial charge in [0.1, 0.15) is 0 Å². The topological polar surface area (TPSA) is 60.9 Å². The zero-order valence-electron chi connectivity index (χ0n) is 17.5. The van der Waals surface area contributed by atoms with Gasteiger partial charge in [-0.1, -0.05) is 36.0 Å². The standard InChI is InChI=1S/C24H23N3O2S/c1-15-10-11-20(12-16(15)2)27-17(3)13-21(18(27)4)22(28)14-30-24-26-25-23(29-24)19-8-6-5-7-9-19/h5-13H,14H2,1-4H3. The van der Waals surface area contributed by atoms with Crippen LogP contribution < -0.4 is 0 Å². The number of ketones is 1. The van der Waals surface area contributed by atoms with Crippen molar-refractivity contribution in [3.8, 4) is 17.1 Å². The lowest BCUT2D eigenvalue weighted by molar-refractivity contribution is 0.102. The summed E-state index contributed by atoms with van der Waals surface area (Å²) < 4.78 is 7.82. The highest BCUT2D eigenvalue weighted by molar-refractivity contribution is 7.99. The summed E-state index contributed by atoms with van der Waals surface area (Å²) in [7, 11) is 0. The minimum Gasteiger partial charge on any atom is -0.411 e. The van der Waals surface area contributed by atoms with Gasteiger partial charge in [0, 0.05) is 28.2 Å². The zero-order valence-corrected chi connectivity index (χ0v) is 18.3. The molecule has 0 unspecified atom stereocenters. The number of Topliss-reactive ketones (excluding diaryl/α,β-unsaturated/α-hetero) is 1. The van der Waals surface area contributed by atoms with Gasteiger partial charge in [-0.2, -0.15) is 0 Å². The van der Waals surface area contributed by atoms with E-state index >= 15 is 0 Å². The molecule has 152 valence electrons. The molecule has 0 amide bonds. The van der Waals surface area contributed by atoms with Crippen LogP contribution in [0.15, 0.2) is 64.2 Å². The highest BCUT2D eigenvalue weighted by atomic mass is 32.2. The second-order valence-electron chi connectivity index (χ2n) is 7.34. The maximum Gasteiger partial charge on any atom is 0.277 e. The molecule has 0 saturated carbocycles. The van der Waals surface area contributed by atoms with Crippen molar-refractivity contribution in [3.05, 3.63) is 82.7 Å². The molecule has 0 aliphatic carbocycles. The number of thioether (sulfide) groups is 1. The van der Waals surface area contributed by atoms with Crippen LogP contribution in [0.5, 0.6) is 0 Å². The van der Waals surface area contributed by atoms with E-state index in [2.05, 4.69) is 46.8 Å². The maximum absolute atomic E-state index is 12.9. The smallest absolute Gasteiger partial charge is 0.277 e. The predicted molar refractivity (Wildman–Crippen MR) is 120 cm³/mol. The normalized spacial score (nSPS) is 11.1. The van der Waals surface area contributed by atoms with E-state index in [0.717, 1.165) is 28.2 Å². The van der Waals surface area contributed by atoms with Crippen LogP contribution in [-0.2, 0) is 0 Å². The number of aryl methyl sites for hydroxylation is 3. The fourth-order valence-electron chi connectivity index (χ4n) is 3.48. The number of rotatable bonds is 6. The zero-order chi connectivity index (χ0) is 21.3. The first-order valence-corrected chi connectivity index (χ1v) is 10.7. The van der Waals surface area contributed by atoms with Crippen molar-refractivity contribution in [3.63, 3.8) is 0 Å². The number of carbonyl (C=O) groups excluding carboxylic acids is 1. The van der Waals surface area contributed by atoms with Gasteiger partial charge >= 0.3 is 0 Å². The molecule has 0 radical (unpaired) electrons. The Morgan fingerprint density at radius 2 is 1.73 bits per heavy atom. The molecule has 4 aromatic rings. The minimum atomic E-state index is 0.0441. The Kier molecular flexibility index (Phi) is 5.59. The maximum atomic E-state index is 12.9. The van der Waals surface area contributed by atoms with Crippen molar-refractivity contribution >= 4 is 17.5 Å². The monoisotopic (exact) mass is 417 g/mol. The molecule has 0 fully saturated rings. The number of aromatic nitrogens is 3. The van der Waals surface area contributed by atoms with E-state index in [1.165, 1.54) is 22.9 Å². The lowest BCUT2D eigenvalue weighted by Gasteiger charge is -2.12. The molecule has 0 aliphatic heterocycles. The molecule has 6 heteroatoms. The summed E-state index contributed by atoms with van der Waals surface area (Å²) in [5.74, 6) is 0.745. The van der Waals surface area contributed by atoms with Crippen molar-refractivity contribution in [2.45, 2.75) is 32.9 Å². The van der Waals surface area contributed by atoms with Crippen LogP contribution in [0.1, 0.15) is 32.9 Å². The lowest BCUT2D eigenvalue weighted by atomic mass is 10.1. The van der Waals surface area contributed by atoms with Gasteiger partial charge in [0.25, 0.3) is 5.22 Å². The Labute approximate surface area is 180 Å². The van der Waals surface area contributed by atoms with Gasteiger partial charge in [-0.3, -0.25) is 4.79 Å². The summed E-state index contributed by atoms with van der Waals surface area (Å²) in [4.78, 5) is 12.9. The van der Waals surface area contributed by atoms with Crippen molar-refractivity contribution in [1.82, 2.24) is 14.8 Å². The molecule has 0 N–H and O–H groups in total. The molecular weight excluding hydrogens is 394 g/mol. The first-order valence-electron chi connectivity index (χ1n) is 9.75. The molecule has 0 bridgehead atoms. The Hall–Kier alpha value is -3.12. The summed E-state index contributed by atoms with van der Waals surface area (Å²) >= 11 is 1.26. The Morgan fingerprint density at radius 3 is 2.47 bits per heavy atom. The molecule has 30 heavy (non-hydrogen) atoms. The molecule has 0 atom stereocenters. The number of benzene rings is 2. The fraction of sp³-hybridized carbons (Fsp3) is 0.208.